The summed E-state index contributed by atoms with van der Waals surface area (Å²) in [4.78, 5) is 25.3. The van der Waals surface area contributed by atoms with E-state index in [0.717, 1.165) is 16.3 Å². The molecule has 1 fully saturated rings. The summed E-state index contributed by atoms with van der Waals surface area (Å²) in [7, 11) is 1.80. The van der Waals surface area contributed by atoms with Crippen LogP contribution in [0.25, 0.3) is 11.0 Å². The summed E-state index contributed by atoms with van der Waals surface area (Å²) in [6.45, 7) is 6.40. The minimum Gasteiger partial charge on any atom is -0.352 e. The molecule has 1 amide bonds. The summed E-state index contributed by atoms with van der Waals surface area (Å²) in [6.07, 6.45) is -1.96. The van der Waals surface area contributed by atoms with Crippen molar-refractivity contribution < 1.29 is 18.0 Å². The molecular weight excluding hydrogens is 413 g/mol. The van der Waals surface area contributed by atoms with Crippen LogP contribution in [-0.4, -0.2) is 66.5 Å². The van der Waals surface area contributed by atoms with Gasteiger partial charge in [-0.3, -0.25) is 14.2 Å². The summed E-state index contributed by atoms with van der Waals surface area (Å²) >= 11 is 0. The van der Waals surface area contributed by atoms with Gasteiger partial charge in [0.1, 0.15) is 11.6 Å². The Hall–Kier alpha value is -3.18. The topological polar surface area (TPSA) is 85.0 Å². The highest BCUT2D eigenvalue weighted by atomic mass is 19.4. The van der Waals surface area contributed by atoms with Crippen molar-refractivity contribution >= 4 is 22.8 Å². The van der Waals surface area contributed by atoms with Crippen LogP contribution in [0.4, 0.5) is 19.0 Å². The Morgan fingerprint density at radius 3 is 2.35 bits per heavy atom. The van der Waals surface area contributed by atoms with E-state index >= 15 is 0 Å². The first-order valence-electron chi connectivity index (χ1n) is 9.93. The molecule has 1 aliphatic heterocycles. The molecule has 31 heavy (non-hydrogen) atoms. The van der Waals surface area contributed by atoms with Crippen molar-refractivity contribution in [1.29, 1.82) is 0 Å². The van der Waals surface area contributed by atoms with Gasteiger partial charge in [0.25, 0.3) is 5.91 Å². The first kappa shape index (κ1) is 21.1. The molecule has 0 bridgehead atoms. The van der Waals surface area contributed by atoms with Crippen molar-refractivity contribution in [2.45, 2.75) is 33.0 Å². The van der Waals surface area contributed by atoms with Crippen LogP contribution < -0.4 is 4.90 Å². The number of nitrogens with zero attached hydrogens (tertiary/aromatic N) is 8. The van der Waals surface area contributed by atoms with E-state index in [1.165, 1.54) is 4.90 Å². The number of rotatable bonds is 3. The molecule has 1 aliphatic rings. The lowest BCUT2D eigenvalue weighted by atomic mass is 10.1. The Bertz CT molecular complexity index is 1130. The number of alkyl halides is 3. The minimum atomic E-state index is -4.67. The molecule has 4 rings (SSSR count). The molecule has 0 radical (unpaired) electrons. The van der Waals surface area contributed by atoms with E-state index in [4.69, 9.17) is 0 Å². The molecule has 1 saturated heterocycles. The lowest BCUT2D eigenvalue weighted by molar-refractivity contribution is -0.145. The third kappa shape index (κ3) is 3.70. The number of hydrogen-bond acceptors (Lipinski definition) is 6. The fourth-order valence-corrected chi connectivity index (χ4v) is 3.84. The monoisotopic (exact) mass is 436 g/mol. The van der Waals surface area contributed by atoms with E-state index in [9.17, 15) is 18.0 Å². The zero-order valence-corrected chi connectivity index (χ0v) is 17.7. The zero-order valence-electron chi connectivity index (χ0n) is 17.7. The van der Waals surface area contributed by atoms with Gasteiger partial charge in [-0.25, -0.2) is 9.97 Å². The molecule has 3 aromatic rings. The first-order chi connectivity index (χ1) is 14.6. The normalized spacial score (nSPS) is 15.4. The molecular formula is C19H23F3N8O. The Labute approximate surface area is 176 Å². The van der Waals surface area contributed by atoms with Crippen LogP contribution >= 0.6 is 0 Å². The van der Waals surface area contributed by atoms with Gasteiger partial charge in [-0.2, -0.15) is 23.4 Å². The van der Waals surface area contributed by atoms with Gasteiger partial charge in [0.15, 0.2) is 11.3 Å². The summed E-state index contributed by atoms with van der Waals surface area (Å²) in [6, 6.07) is -0.516. The molecule has 4 heterocycles. The predicted octanol–water partition coefficient (Wildman–Crippen LogP) is 2.43. The number of piperazine rings is 1. The Morgan fingerprint density at radius 1 is 1.06 bits per heavy atom. The van der Waals surface area contributed by atoms with Gasteiger partial charge in [0.2, 0.25) is 0 Å². The lowest BCUT2D eigenvalue weighted by Crippen LogP contribution is -2.49. The molecule has 0 unspecified atom stereocenters. The van der Waals surface area contributed by atoms with E-state index in [2.05, 4.69) is 20.2 Å². The minimum absolute atomic E-state index is 0.272. The SMILES string of the molecule is Cc1nc(N2CCN(C(=O)c3cnn(C(C)C)c3C(F)(F)F)CC2)c2cnn(C)c2n1. The van der Waals surface area contributed by atoms with E-state index in [-0.39, 0.29) is 13.1 Å². The van der Waals surface area contributed by atoms with E-state index in [0.29, 0.717) is 30.4 Å². The van der Waals surface area contributed by atoms with Crippen LogP contribution in [0.5, 0.6) is 0 Å². The van der Waals surface area contributed by atoms with Crippen LogP contribution in [0.2, 0.25) is 0 Å². The van der Waals surface area contributed by atoms with E-state index in [1.807, 2.05) is 4.90 Å². The highest BCUT2D eigenvalue weighted by Crippen LogP contribution is 2.34. The van der Waals surface area contributed by atoms with Gasteiger partial charge in [-0.15, -0.1) is 0 Å². The van der Waals surface area contributed by atoms with Crippen LogP contribution in [0.3, 0.4) is 0 Å². The Kier molecular flexibility index (Phi) is 5.10. The second-order valence-corrected chi connectivity index (χ2v) is 7.82. The number of carbonyl (C=O) groups excluding carboxylic acids is 1. The van der Waals surface area contributed by atoms with Crippen LogP contribution in [0, 0.1) is 6.92 Å². The van der Waals surface area contributed by atoms with Gasteiger partial charge in [-0.1, -0.05) is 0 Å². The first-order valence-corrected chi connectivity index (χ1v) is 9.93. The largest absolute Gasteiger partial charge is 0.433 e. The van der Waals surface area contributed by atoms with Crippen molar-refractivity contribution in [3.05, 3.63) is 29.5 Å². The fourth-order valence-electron chi connectivity index (χ4n) is 3.84. The third-order valence-electron chi connectivity index (χ3n) is 5.33. The van der Waals surface area contributed by atoms with Crippen molar-refractivity contribution in [2.24, 2.45) is 7.05 Å². The van der Waals surface area contributed by atoms with Gasteiger partial charge in [0.05, 0.1) is 23.3 Å². The maximum absolute atomic E-state index is 13.6. The highest BCUT2D eigenvalue weighted by molar-refractivity contribution is 5.95. The molecule has 9 nitrogen and oxygen atoms in total. The number of carbonyl (C=O) groups is 1. The van der Waals surface area contributed by atoms with Crippen molar-refractivity contribution in [1.82, 2.24) is 34.4 Å². The highest BCUT2D eigenvalue weighted by Gasteiger charge is 2.41. The smallest absolute Gasteiger partial charge is 0.352 e. The average molecular weight is 436 g/mol. The van der Waals surface area contributed by atoms with Gasteiger partial charge >= 0.3 is 6.18 Å². The summed E-state index contributed by atoms with van der Waals surface area (Å²) in [5, 5.41) is 8.85. The molecule has 0 saturated carbocycles. The molecule has 0 aromatic carbocycles. The maximum atomic E-state index is 13.6. The van der Waals surface area contributed by atoms with Crippen molar-refractivity contribution in [3.8, 4) is 0 Å². The van der Waals surface area contributed by atoms with Gasteiger partial charge in [-0.05, 0) is 20.8 Å². The standard InChI is InChI=1S/C19H23F3N8O/c1-11(2)30-15(19(20,21)22)13(9-24-30)18(31)29-7-5-28(6-8-29)17-14-10-23-27(4)16(14)25-12(3)26-17/h9-11H,5-8H2,1-4H3. The van der Waals surface area contributed by atoms with Crippen LogP contribution in [0.1, 0.15) is 41.8 Å². The van der Waals surface area contributed by atoms with Gasteiger partial charge in [0, 0.05) is 39.3 Å². The van der Waals surface area contributed by atoms with Crippen molar-refractivity contribution in [2.75, 3.05) is 31.1 Å². The van der Waals surface area contributed by atoms with E-state index in [1.54, 1.807) is 38.7 Å². The van der Waals surface area contributed by atoms with Crippen LogP contribution in [0.15, 0.2) is 12.4 Å². The lowest BCUT2D eigenvalue weighted by Gasteiger charge is -2.35. The molecule has 0 N–H and O–H groups in total. The number of amides is 1. The number of anilines is 1. The molecule has 12 heteroatoms. The van der Waals surface area contributed by atoms with Gasteiger partial charge < -0.3 is 9.80 Å². The number of aromatic nitrogens is 6. The Morgan fingerprint density at radius 2 is 1.74 bits per heavy atom. The number of hydrogen-bond donors (Lipinski definition) is 0. The summed E-state index contributed by atoms with van der Waals surface area (Å²) in [5.41, 5.74) is -0.711. The van der Waals surface area contributed by atoms with E-state index < -0.39 is 29.4 Å². The second kappa shape index (κ2) is 7.50. The number of aryl methyl sites for hydroxylation is 2. The van der Waals surface area contributed by atoms with Crippen LogP contribution in [-0.2, 0) is 13.2 Å². The zero-order chi connectivity index (χ0) is 22.5. The summed E-state index contributed by atoms with van der Waals surface area (Å²) < 4.78 is 43.4. The molecule has 0 aliphatic carbocycles. The quantitative estimate of drug-likeness (QED) is 0.627. The second-order valence-electron chi connectivity index (χ2n) is 7.82. The predicted molar refractivity (Wildman–Crippen MR) is 107 cm³/mol. The third-order valence-corrected chi connectivity index (χ3v) is 5.33. The molecule has 0 atom stereocenters. The fraction of sp³-hybridized carbons (Fsp3) is 0.526. The summed E-state index contributed by atoms with van der Waals surface area (Å²) in [5.74, 6) is 0.649. The molecule has 0 spiro atoms. The van der Waals surface area contributed by atoms with Crippen molar-refractivity contribution in [3.63, 3.8) is 0 Å². The average Bonchev–Trinajstić information content (AvgIpc) is 3.32. The molecule has 166 valence electrons. The number of fused-ring (bicyclic) bond motifs is 1. The Balaban J connectivity index is 1.56. The number of halogens is 3. The molecule has 3 aromatic heterocycles. The maximum Gasteiger partial charge on any atom is 0.433 e.